The van der Waals surface area contributed by atoms with Crippen molar-refractivity contribution in [2.75, 3.05) is 27.2 Å². The Morgan fingerprint density at radius 2 is 2.35 bits per heavy atom. The van der Waals surface area contributed by atoms with Crippen molar-refractivity contribution in [3.63, 3.8) is 0 Å². The zero-order valence-electron chi connectivity index (χ0n) is 11.9. The van der Waals surface area contributed by atoms with Crippen molar-refractivity contribution in [2.24, 2.45) is 5.92 Å². The molecule has 0 aliphatic carbocycles. The van der Waals surface area contributed by atoms with Gasteiger partial charge in [0.15, 0.2) is 0 Å². The van der Waals surface area contributed by atoms with Gasteiger partial charge in [-0.2, -0.15) is 5.10 Å². The number of rotatable bonds is 3. The van der Waals surface area contributed by atoms with Gasteiger partial charge in [0, 0.05) is 33.4 Å². The van der Waals surface area contributed by atoms with Crippen molar-refractivity contribution in [3.8, 4) is 0 Å². The Morgan fingerprint density at radius 3 is 3.00 bits per heavy atom. The molecule has 0 spiro atoms. The second-order valence-corrected chi connectivity index (χ2v) is 5.26. The van der Waals surface area contributed by atoms with Crippen LogP contribution in [0, 0.1) is 5.92 Å². The van der Waals surface area contributed by atoms with Crippen molar-refractivity contribution in [3.05, 3.63) is 18.0 Å². The van der Waals surface area contributed by atoms with Crippen LogP contribution in [0.1, 0.15) is 18.5 Å². The number of hydrogen-bond acceptors (Lipinski definition) is 3. The van der Waals surface area contributed by atoms with E-state index in [1.54, 1.807) is 30.1 Å². The van der Waals surface area contributed by atoms with Gasteiger partial charge in [0.2, 0.25) is 5.91 Å². The summed E-state index contributed by atoms with van der Waals surface area (Å²) >= 11 is 0. The summed E-state index contributed by atoms with van der Waals surface area (Å²) in [6.45, 7) is 1.66. The molecule has 1 atom stereocenters. The summed E-state index contributed by atoms with van der Waals surface area (Å²) in [5, 5.41) is 9.52. The molecule has 7 heteroatoms. The van der Waals surface area contributed by atoms with Gasteiger partial charge in [-0.3, -0.25) is 9.89 Å². The minimum atomic E-state index is -0.129. The number of hydrogen-bond donors (Lipinski definition) is 2. The average Bonchev–Trinajstić information content (AvgIpc) is 2.97. The van der Waals surface area contributed by atoms with Crippen LogP contribution in [0.2, 0.25) is 0 Å². The van der Waals surface area contributed by atoms with Crippen LogP contribution < -0.4 is 5.32 Å². The van der Waals surface area contributed by atoms with E-state index in [0.29, 0.717) is 13.1 Å². The van der Waals surface area contributed by atoms with Crippen molar-refractivity contribution in [1.29, 1.82) is 0 Å². The zero-order valence-corrected chi connectivity index (χ0v) is 11.9. The number of likely N-dealkylation sites (tertiary alicyclic amines) is 1. The fourth-order valence-electron chi connectivity index (χ4n) is 2.36. The Kier molecular flexibility index (Phi) is 4.60. The highest BCUT2D eigenvalue weighted by Gasteiger charge is 2.28. The molecule has 20 heavy (non-hydrogen) atoms. The molecule has 1 unspecified atom stereocenters. The molecule has 0 aromatic carbocycles. The molecule has 1 aromatic rings. The minimum absolute atomic E-state index is 0.00384. The lowest BCUT2D eigenvalue weighted by Gasteiger charge is -2.33. The standard InChI is InChI=1S/C13H21N5O2/c1-17(2)13(20)18-7-3-4-10(9-18)12(19)14-8-11-5-6-15-16-11/h5-6,10H,3-4,7-9H2,1-2H3,(H,14,19)(H,15,16). The molecule has 1 aromatic heterocycles. The van der Waals surface area contributed by atoms with Crippen LogP contribution >= 0.6 is 0 Å². The Hall–Kier alpha value is -2.05. The second kappa shape index (κ2) is 6.40. The third kappa shape index (κ3) is 3.49. The van der Waals surface area contributed by atoms with Gasteiger partial charge < -0.3 is 15.1 Å². The summed E-state index contributed by atoms with van der Waals surface area (Å²) in [7, 11) is 3.45. The normalized spacial score (nSPS) is 18.7. The molecule has 3 amide bonds. The van der Waals surface area contributed by atoms with Gasteiger partial charge in [0.05, 0.1) is 18.2 Å². The Bertz CT molecular complexity index is 457. The topological polar surface area (TPSA) is 81.3 Å². The highest BCUT2D eigenvalue weighted by Crippen LogP contribution is 2.17. The first-order valence-corrected chi connectivity index (χ1v) is 6.80. The predicted molar refractivity (Wildman–Crippen MR) is 73.8 cm³/mol. The highest BCUT2D eigenvalue weighted by molar-refractivity contribution is 5.80. The SMILES string of the molecule is CN(C)C(=O)N1CCCC(C(=O)NCc2ccn[nH]2)C1. The molecule has 0 saturated carbocycles. The lowest BCUT2D eigenvalue weighted by molar-refractivity contribution is -0.126. The van der Waals surface area contributed by atoms with Crippen molar-refractivity contribution >= 4 is 11.9 Å². The Morgan fingerprint density at radius 1 is 1.55 bits per heavy atom. The largest absolute Gasteiger partial charge is 0.350 e. The van der Waals surface area contributed by atoms with Gasteiger partial charge in [0.25, 0.3) is 0 Å². The van der Waals surface area contributed by atoms with E-state index in [2.05, 4.69) is 15.5 Å². The van der Waals surface area contributed by atoms with Gasteiger partial charge in [-0.25, -0.2) is 4.79 Å². The molecule has 110 valence electrons. The molecular weight excluding hydrogens is 258 g/mol. The number of amides is 3. The molecule has 1 saturated heterocycles. The van der Waals surface area contributed by atoms with Crippen LogP contribution in [-0.2, 0) is 11.3 Å². The van der Waals surface area contributed by atoms with Crippen LogP contribution in [0.5, 0.6) is 0 Å². The van der Waals surface area contributed by atoms with Gasteiger partial charge in [-0.1, -0.05) is 0 Å². The van der Waals surface area contributed by atoms with Gasteiger partial charge >= 0.3 is 6.03 Å². The number of H-pyrrole nitrogens is 1. The van der Waals surface area contributed by atoms with E-state index in [1.165, 1.54) is 0 Å². The third-order valence-electron chi connectivity index (χ3n) is 3.46. The summed E-state index contributed by atoms with van der Waals surface area (Å²) in [6.07, 6.45) is 3.34. The number of carbonyl (C=O) groups is 2. The first-order valence-electron chi connectivity index (χ1n) is 6.80. The first-order chi connectivity index (χ1) is 9.58. The van der Waals surface area contributed by atoms with E-state index in [-0.39, 0.29) is 17.9 Å². The number of carbonyl (C=O) groups excluding carboxylic acids is 2. The van der Waals surface area contributed by atoms with Crippen LogP contribution in [0.3, 0.4) is 0 Å². The van der Waals surface area contributed by atoms with Crippen molar-refractivity contribution in [1.82, 2.24) is 25.3 Å². The monoisotopic (exact) mass is 279 g/mol. The summed E-state index contributed by atoms with van der Waals surface area (Å²) < 4.78 is 0. The second-order valence-electron chi connectivity index (χ2n) is 5.26. The summed E-state index contributed by atoms with van der Waals surface area (Å²) in [5.74, 6) is -0.133. The van der Waals surface area contributed by atoms with E-state index in [1.807, 2.05) is 6.07 Å². The Labute approximate surface area is 118 Å². The molecule has 1 aliphatic heterocycles. The average molecular weight is 279 g/mol. The fraction of sp³-hybridized carbons (Fsp3) is 0.615. The van der Waals surface area contributed by atoms with Gasteiger partial charge in [0.1, 0.15) is 0 Å². The van der Waals surface area contributed by atoms with Crippen LogP contribution in [0.15, 0.2) is 12.3 Å². The molecule has 0 radical (unpaired) electrons. The molecule has 1 fully saturated rings. The Balaban J connectivity index is 1.85. The molecule has 7 nitrogen and oxygen atoms in total. The van der Waals surface area contributed by atoms with E-state index < -0.39 is 0 Å². The lowest BCUT2D eigenvalue weighted by Crippen LogP contribution is -2.48. The molecule has 0 bridgehead atoms. The summed E-state index contributed by atoms with van der Waals surface area (Å²) in [6, 6.07) is 1.79. The summed E-state index contributed by atoms with van der Waals surface area (Å²) in [4.78, 5) is 27.3. The van der Waals surface area contributed by atoms with Gasteiger partial charge in [-0.15, -0.1) is 0 Å². The molecular formula is C13H21N5O2. The number of nitrogens with zero attached hydrogens (tertiary/aromatic N) is 3. The number of piperidine rings is 1. The van der Waals surface area contributed by atoms with E-state index in [0.717, 1.165) is 25.1 Å². The smallest absolute Gasteiger partial charge is 0.319 e. The van der Waals surface area contributed by atoms with Crippen LogP contribution in [0.4, 0.5) is 4.79 Å². The van der Waals surface area contributed by atoms with Crippen LogP contribution in [0.25, 0.3) is 0 Å². The van der Waals surface area contributed by atoms with Crippen LogP contribution in [-0.4, -0.2) is 59.1 Å². The number of urea groups is 1. The quantitative estimate of drug-likeness (QED) is 0.841. The maximum Gasteiger partial charge on any atom is 0.319 e. The fourth-order valence-corrected chi connectivity index (χ4v) is 2.36. The maximum atomic E-state index is 12.1. The molecule has 2 N–H and O–H groups in total. The molecule has 1 aliphatic rings. The summed E-state index contributed by atoms with van der Waals surface area (Å²) in [5.41, 5.74) is 0.871. The highest BCUT2D eigenvalue weighted by atomic mass is 16.2. The van der Waals surface area contributed by atoms with Crippen molar-refractivity contribution in [2.45, 2.75) is 19.4 Å². The molecule has 2 heterocycles. The number of aromatic nitrogens is 2. The number of nitrogens with one attached hydrogen (secondary N) is 2. The van der Waals surface area contributed by atoms with E-state index in [4.69, 9.17) is 0 Å². The first kappa shape index (κ1) is 14.4. The maximum absolute atomic E-state index is 12.1. The minimum Gasteiger partial charge on any atom is -0.350 e. The number of aromatic amines is 1. The van der Waals surface area contributed by atoms with E-state index in [9.17, 15) is 9.59 Å². The molecule has 2 rings (SSSR count). The third-order valence-corrected chi connectivity index (χ3v) is 3.46. The lowest BCUT2D eigenvalue weighted by atomic mass is 9.97. The van der Waals surface area contributed by atoms with Crippen molar-refractivity contribution < 1.29 is 9.59 Å². The predicted octanol–water partition coefficient (Wildman–Crippen LogP) is 0.420. The zero-order chi connectivity index (χ0) is 14.5. The van der Waals surface area contributed by atoms with Gasteiger partial charge in [-0.05, 0) is 18.9 Å². The van der Waals surface area contributed by atoms with E-state index >= 15 is 0 Å².